The Morgan fingerprint density at radius 3 is 2.89 bits per heavy atom. The van der Waals surface area contributed by atoms with Crippen molar-refractivity contribution in [3.05, 3.63) is 23.1 Å². The molecular weight excluding hydrogens is 271 g/mol. The highest BCUT2D eigenvalue weighted by Gasteiger charge is 2.11. The van der Waals surface area contributed by atoms with Gasteiger partial charge < -0.3 is 9.47 Å². The van der Waals surface area contributed by atoms with Crippen LogP contribution in [0.5, 0.6) is 0 Å². The van der Waals surface area contributed by atoms with Crippen LogP contribution in [0.4, 0.5) is 0 Å². The number of likely N-dealkylation sites (N-methyl/N-ethyl adjacent to an activating group) is 1. The lowest BCUT2D eigenvalue weighted by Gasteiger charge is -2.15. The molecule has 2 rings (SSSR count). The summed E-state index contributed by atoms with van der Waals surface area (Å²) in [5.74, 6) is 1.22. The summed E-state index contributed by atoms with van der Waals surface area (Å²) in [4.78, 5) is 11.0. The number of aromatic nitrogens is 3. The molecule has 0 N–H and O–H groups in total. The van der Waals surface area contributed by atoms with E-state index in [1.807, 2.05) is 6.07 Å². The Labute approximate surface area is 117 Å². The summed E-state index contributed by atoms with van der Waals surface area (Å²) >= 11 is 11.9. The van der Waals surface area contributed by atoms with E-state index in [1.54, 1.807) is 6.20 Å². The van der Waals surface area contributed by atoms with E-state index in [1.165, 1.54) is 0 Å². The van der Waals surface area contributed by atoms with Gasteiger partial charge >= 0.3 is 0 Å². The summed E-state index contributed by atoms with van der Waals surface area (Å²) in [7, 11) is 2.09. The van der Waals surface area contributed by atoms with Crippen LogP contribution in [0.3, 0.4) is 0 Å². The molecule has 0 fully saturated rings. The van der Waals surface area contributed by atoms with Gasteiger partial charge in [0.1, 0.15) is 11.3 Å². The first-order valence-corrected chi connectivity index (χ1v) is 6.82. The zero-order valence-corrected chi connectivity index (χ0v) is 12.0. The highest BCUT2D eigenvalue weighted by atomic mass is 35.5. The molecule has 0 amide bonds. The van der Waals surface area contributed by atoms with E-state index in [0.29, 0.717) is 10.9 Å². The molecule has 2 heterocycles. The van der Waals surface area contributed by atoms with Gasteiger partial charge in [-0.15, -0.1) is 11.6 Å². The first-order valence-electron chi connectivity index (χ1n) is 5.91. The maximum Gasteiger partial charge on any atom is 0.160 e. The minimum Gasteiger partial charge on any atom is -0.310 e. The van der Waals surface area contributed by atoms with E-state index in [2.05, 4.69) is 33.4 Å². The zero-order valence-electron chi connectivity index (χ0n) is 10.5. The summed E-state index contributed by atoms with van der Waals surface area (Å²) in [6.45, 7) is 4.92. The minimum atomic E-state index is 0.379. The first-order chi connectivity index (χ1) is 8.65. The maximum absolute atomic E-state index is 5.93. The number of fused-ring (bicyclic) bond motifs is 1. The van der Waals surface area contributed by atoms with Crippen molar-refractivity contribution in [3.63, 3.8) is 0 Å². The highest BCUT2D eigenvalue weighted by molar-refractivity contribution is 6.31. The molecule has 2 aromatic rings. The van der Waals surface area contributed by atoms with Crippen molar-refractivity contribution < 1.29 is 0 Å². The zero-order chi connectivity index (χ0) is 13.1. The van der Waals surface area contributed by atoms with Gasteiger partial charge in [-0.3, -0.25) is 0 Å². The van der Waals surface area contributed by atoms with Crippen molar-refractivity contribution in [1.29, 1.82) is 0 Å². The molecule has 0 bridgehead atoms. The third-order valence-electron chi connectivity index (χ3n) is 3.00. The molecule has 0 saturated carbocycles. The maximum atomic E-state index is 5.93. The Morgan fingerprint density at radius 2 is 2.22 bits per heavy atom. The minimum absolute atomic E-state index is 0.379. The number of nitrogens with zero attached hydrogens (tertiary/aromatic N) is 4. The largest absolute Gasteiger partial charge is 0.310 e. The fourth-order valence-corrected chi connectivity index (χ4v) is 2.16. The van der Waals surface area contributed by atoms with Crippen molar-refractivity contribution >= 4 is 34.4 Å². The lowest BCUT2D eigenvalue weighted by Crippen LogP contribution is -2.23. The molecule has 0 aliphatic heterocycles. The lowest BCUT2D eigenvalue weighted by molar-refractivity contribution is 0.335. The molecule has 18 heavy (non-hydrogen) atoms. The van der Waals surface area contributed by atoms with E-state index in [9.17, 15) is 0 Å². The second kappa shape index (κ2) is 5.87. The van der Waals surface area contributed by atoms with E-state index in [-0.39, 0.29) is 0 Å². The second-order valence-corrected chi connectivity index (χ2v) is 4.91. The molecule has 6 heteroatoms. The van der Waals surface area contributed by atoms with Crippen molar-refractivity contribution in [1.82, 2.24) is 19.4 Å². The van der Waals surface area contributed by atoms with Crippen LogP contribution in [0.1, 0.15) is 12.7 Å². The monoisotopic (exact) mass is 286 g/mol. The number of alkyl halides is 1. The van der Waals surface area contributed by atoms with Crippen LogP contribution >= 0.6 is 23.2 Å². The Kier molecular flexibility index (Phi) is 4.43. The molecule has 0 unspecified atom stereocenters. The van der Waals surface area contributed by atoms with Gasteiger partial charge in [0, 0.05) is 19.3 Å². The second-order valence-electron chi connectivity index (χ2n) is 4.21. The van der Waals surface area contributed by atoms with Crippen molar-refractivity contribution in [2.24, 2.45) is 0 Å². The van der Waals surface area contributed by atoms with E-state index in [4.69, 9.17) is 23.2 Å². The third kappa shape index (κ3) is 2.76. The number of halogens is 2. The molecule has 0 aliphatic rings. The Morgan fingerprint density at radius 1 is 1.44 bits per heavy atom. The molecule has 4 nitrogen and oxygen atoms in total. The van der Waals surface area contributed by atoms with E-state index < -0.39 is 0 Å². The summed E-state index contributed by atoms with van der Waals surface area (Å²) in [5.41, 5.74) is 1.65. The van der Waals surface area contributed by atoms with Gasteiger partial charge in [-0.2, -0.15) is 0 Å². The molecule has 98 valence electrons. The molecule has 0 radical (unpaired) electrons. The van der Waals surface area contributed by atoms with Gasteiger partial charge in [-0.25, -0.2) is 9.97 Å². The summed E-state index contributed by atoms with van der Waals surface area (Å²) in [6.07, 6.45) is 1.64. The lowest BCUT2D eigenvalue weighted by atomic mass is 10.4. The van der Waals surface area contributed by atoms with Crippen molar-refractivity contribution in [3.8, 4) is 0 Å². The predicted molar refractivity (Wildman–Crippen MR) is 75.3 cm³/mol. The average Bonchev–Trinajstić information content (AvgIpc) is 2.72. The third-order valence-corrected chi connectivity index (χ3v) is 3.44. The number of rotatable bonds is 5. The van der Waals surface area contributed by atoms with Gasteiger partial charge in [0.25, 0.3) is 0 Å². The van der Waals surface area contributed by atoms with Crippen molar-refractivity contribution in [2.45, 2.75) is 19.3 Å². The SMILES string of the molecule is CCN(C)CCn1c(CCl)nc2cc(Cl)cnc21. The molecule has 0 spiro atoms. The molecular formula is C12H16Cl2N4. The number of hydrogen-bond donors (Lipinski definition) is 0. The summed E-state index contributed by atoms with van der Waals surface area (Å²) in [6, 6.07) is 1.82. The topological polar surface area (TPSA) is 34.0 Å². The first kappa shape index (κ1) is 13.6. The average molecular weight is 287 g/mol. The van der Waals surface area contributed by atoms with Gasteiger partial charge in [0.15, 0.2) is 5.65 Å². The van der Waals surface area contributed by atoms with Crippen LogP contribution < -0.4 is 0 Å². The molecule has 0 atom stereocenters. The van der Waals surface area contributed by atoms with Crippen LogP contribution in [0, 0.1) is 0 Å². The van der Waals surface area contributed by atoms with Gasteiger partial charge in [-0.1, -0.05) is 18.5 Å². The highest BCUT2D eigenvalue weighted by Crippen LogP contribution is 2.19. The van der Waals surface area contributed by atoms with Crippen LogP contribution in [0.15, 0.2) is 12.3 Å². The van der Waals surface area contributed by atoms with Gasteiger partial charge in [0.2, 0.25) is 0 Å². The molecule has 2 aromatic heterocycles. The van der Waals surface area contributed by atoms with Crippen molar-refractivity contribution in [2.75, 3.05) is 20.1 Å². The summed E-state index contributed by atoms with van der Waals surface area (Å²) < 4.78 is 2.06. The standard InChI is InChI=1S/C12H16Cl2N4/c1-3-17(2)4-5-18-11(7-13)16-10-6-9(14)8-15-12(10)18/h6,8H,3-5,7H2,1-2H3. The predicted octanol–water partition coefficient (Wildman–Crippen LogP) is 2.78. The number of pyridine rings is 1. The molecule has 0 saturated heterocycles. The van der Waals surface area contributed by atoms with Gasteiger partial charge in [0.05, 0.1) is 10.9 Å². The fourth-order valence-electron chi connectivity index (χ4n) is 1.80. The number of imidazole rings is 1. The van der Waals surface area contributed by atoms with E-state index >= 15 is 0 Å². The molecule has 0 aliphatic carbocycles. The Hall–Kier alpha value is -0.840. The Bertz CT molecular complexity index is 538. The summed E-state index contributed by atoms with van der Waals surface area (Å²) in [5, 5.41) is 0.596. The fraction of sp³-hybridized carbons (Fsp3) is 0.500. The Balaban J connectivity index is 2.34. The smallest absolute Gasteiger partial charge is 0.160 e. The van der Waals surface area contributed by atoms with Crippen LogP contribution in [0.25, 0.3) is 11.2 Å². The van der Waals surface area contributed by atoms with Gasteiger partial charge in [-0.05, 0) is 19.7 Å². The molecule has 0 aromatic carbocycles. The number of hydrogen-bond acceptors (Lipinski definition) is 3. The van der Waals surface area contributed by atoms with Crippen LogP contribution in [-0.4, -0.2) is 39.6 Å². The quantitative estimate of drug-likeness (QED) is 0.793. The van der Waals surface area contributed by atoms with Crippen LogP contribution in [0.2, 0.25) is 5.02 Å². The van der Waals surface area contributed by atoms with Crippen LogP contribution in [-0.2, 0) is 12.4 Å². The normalized spacial score (nSPS) is 11.6. The van der Waals surface area contributed by atoms with E-state index in [0.717, 1.165) is 36.6 Å².